The van der Waals surface area contributed by atoms with E-state index in [9.17, 15) is 14.4 Å². The lowest BCUT2D eigenvalue weighted by atomic mass is 10.2. The Balaban J connectivity index is 1.99. The predicted octanol–water partition coefficient (Wildman–Crippen LogP) is 3.58. The number of hydrogen-bond donors (Lipinski definition) is 1. The van der Waals surface area contributed by atoms with Crippen molar-refractivity contribution in [3.05, 3.63) is 56.7 Å². The second-order valence-corrected chi connectivity index (χ2v) is 7.73. The number of aryl methyl sites for hydroxylation is 2. The van der Waals surface area contributed by atoms with Crippen LogP contribution in [0.3, 0.4) is 0 Å². The van der Waals surface area contributed by atoms with Gasteiger partial charge in [0.05, 0.1) is 4.91 Å². The van der Waals surface area contributed by atoms with Gasteiger partial charge in [-0.2, -0.15) is 0 Å². The SMILES string of the molecule is Cc1ccc(-n2c(C)cc(/C=C3\SC(=O)N(CC(N)=O)C3=O)c2C)cc1Cl. The minimum Gasteiger partial charge on any atom is -0.368 e. The lowest BCUT2D eigenvalue weighted by Gasteiger charge is -2.11. The van der Waals surface area contributed by atoms with Gasteiger partial charge in [-0.3, -0.25) is 19.3 Å². The van der Waals surface area contributed by atoms with Crippen LogP contribution in [0, 0.1) is 20.8 Å². The number of rotatable bonds is 4. The number of thioether (sulfide) groups is 1. The zero-order valence-corrected chi connectivity index (χ0v) is 16.6. The summed E-state index contributed by atoms with van der Waals surface area (Å²) in [5.74, 6) is -1.24. The molecule has 2 heterocycles. The van der Waals surface area contributed by atoms with E-state index in [0.717, 1.165) is 44.9 Å². The third-order valence-electron chi connectivity index (χ3n) is 4.36. The van der Waals surface area contributed by atoms with Gasteiger partial charge in [0.15, 0.2) is 0 Å². The fraction of sp³-hybridized carbons (Fsp3) is 0.211. The van der Waals surface area contributed by atoms with E-state index < -0.39 is 23.6 Å². The number of primary amides is 1. The first-order valence-electron chi connectivity index (χ1n) is 8.18. The van der Waals surface area contributed by atoms with Crippen molar-refractivity contribution in [2.24, 2.45) is 5.73 Å². The minimum absolute atomic E-state index is 0.267. The average molecular weight is 404 g/mol. The van der Waals surface area contributed by atoms with Crippen LogP contribution in [0.5, 0.6) is 0 Å². The fourth-order valence-electron chi connectivity index (χ4n) is 2.99. The summed E-state index contributed by atoms with van der Waals surface area (Å²) in [7, 11) is 0. The molecule has 0 aliphatic carbocycles. The van der Waals surface area contributed by atoms with Crippen molar-refractivity contribution in [1.29, 1.82) is 0 Å². The van der Waals surface area contributed by atoms with E-state index in [1.165, 1.54) is 0 Å². The van der Waals surface area contributed by atoms with E-state index in [4.69, 9.17) is 17.3 Å². The molecule has 27 heavy (non-hydrogen) atoms. The predicted molar refractivity (Wildman–Crippen MR) is 107 cm³/mol. The van der Waals surface area contributed by atoms with Crippen molar-refractivity contribution in [2.45, 2.75) is 20.8 Å². The number of carbonyl (C=O) groups excluding carboxylic acids is 3. The van der Waals surface area contributed by atoms with Gasteiger partial charge in [-0.1, -0.05) is 17.7 Å². The number of imide groups is 1. The molecule has 140 valence electrons. The Morgan fingerprint density at radius 3 is 2.56 bits per heavy atom. The van der Waals surface area contributed by atoms with Crippen LogP contribution < -0.4 is 5.73 Å². The number of benzene rings is 1. The van der Waals surface area contributed by atoms with Crippen LogP contribution in [-0.4, -0.2) is 33.1 Å². The largest absolute Gasteiger partial charge is 0.368 e. The number of amides is 3. The summed E-state index contributed by atoms with van der Waals surface area (Å²) in [6.45, 7) is 5.41. The van der Waals surface area contributed by atoms with Crippen molar-refractivity contribution in [3.8, 4) is 5.69 Å². The molecule has 1 fully saturated rings. The molecule has 6 nitrogen and oxygen atoms in total. The summed E-state index contributed by atoms with van der Waals surface area (Å²) in [6, 6.07) is 7.75. The summed E-state index contributed by atoms with van der Waals surface area (Å²) in [4.78, 5) is 36.5. The van der Waals surface area contributed by atoms with Gasteiger partial charge >= 0.3 is 0 Å². The first-order valence-corrected chi connectivity index (χ1v) is 9.37. The molecule has 3 rings (SSSR count). The standard InChI is InChI=1S/C19H18ClN3O3S/c1-10-4-5-14(8-15(10)20)23-11(2)6-13(12(23)3)7-16-18(25)22(9-17(21)24)19(26)27-16/h4-8H,9H2,1-3H3,(H2,21,24)/b16-7-. The Kier molecular flexibility index (Phi) is 5.17. The summed E-state index contributed by atoms with van der Waals surface area (Å²) < 4.78 is 2.03. The van der Waals surface area contributed by atoms with E-state index >= 15 is 0 Å². The lowest BCUT2D eigenvalue weighted by Crippen LogP contribution is -2.36. The molecule has 0 unspecified atom stereocenters. The Morgan fingerprint density at radius 2 is 1.93 bits per heavy atom. The quantitative estimate of drug-likeness (QED) is 0.790. The Hall–Kier alpha value is -2.51. The van der Waals surface area contributed by atoms with Crippen LogP contribution in [-0.2, 0) is 9.59 Å². The third kappa shape index (κ3) is 3.65. The maximum absolute atomic E-state index is 12.4. The smallest absolute Gasteiger partial charge is 0.294 e. The van der Waals surface area contributed by atoms with Gasteiger partial charge in [0.2, 0.25) is 5.91 Å². The molecule has 1 aromatic heterocycles. The van der Waals surface area contributed by atoms with Crippen LogP contribution in [0.1, 0.15) is 22.5 Å². The third-order valence-corrected chi connectivity index (χ3v) is 5.67. The van der Waals surface area contributed by atoms with Gasteiger partial charge in [-0.25, -0.2) is 0 Å². The van der Waals surface area contributed by atoms with Crippen LogP contribution in [0.25, 0.3) is 11.8 Å². The van der Waals surface area contributed by atoms with Crippen molar-refractivity contribution in [3.63, 3.8) is 0 Å². The van der Waals surface area contributed by atoms with E-state index in [2.05, 4.69) is 0 Å². The summed E-state index contributed by atoms with van der Waals surface area (Å²) in [5, 5.41) is 0.179. The number of carbonyl (C=O) groups is 3. The van der Waals surface area contributed by atoms with Crippen LogP contribution in [0.2, 0.25) is 5.02 Å². The molecule has 8 heteroatoms. The molecule has 2 N–H and O–H groups in total. The average Bonchev–Trinajstić information content (AvgIpc) is 3.01. The zero-order valence-electron chi connectivity index (χ0n) is 15.1. The molecule has 0 radical (unpaired) electrons. The van der Waals surface area contributed by atoms with Crippen LogP contribution in [0.4, 0.5) is 4.79 Å². The number of halogens is 1. The summed E-state index contributed by atoms with van der Waals surface area (Å²) in [5.41, 5.74) is 9.70. The normalized spacial score (nSPS) is 15.9. The summed E-state index contributed by atoms with van der Waals surface area (Å²) >= 11 is 7.05. The molecule has 1 aromatic carbocycles. The highest BCUT2D eigenvalue weighted by Crippen LogP contribution is 2.33. The molecule has 1 saturated heterocycles. The fourth-order valence-corrected chi connectivity index (χ4v) is 3.99. The Morgan fingerprint density at radius 1 is 1.22 bits per heavy atom. The Bertz CT molecular complexity index is 1010. The first-order chi connectivity index (χ1) is 12.7. The summed E-state index contributed by atoms with van der Waals surface area (Å²) in [6.07, 6.45) is 1.67. The van der Waals surface area contributed by atoms with E-state index in [1.54, 1.807) is 6.08 Å². The molecule has 0 atom stereocenters. The maximum atomic E-state index is 12.4. The minimum atomic E-state index is -0.729. The number of nitrogens with two attached hydrogens (primary N) is 1. The van der Waals surface area contributed by atoms with Gasteiger partial charge in [-0.15, -0.1) is 0 Å². The van der Waals surface area contributed by atoms with E-state index in [0.29, 0.717) is 5.02 Å². The van der Waals surface area contributed by atoms with Gasteiger partial charge in [-0.05, 0) is 67.9 Å². The van der Waals surface area contributed by atoms with Gasteiger partial charge in [0.1, 0.15) is 6.54 Å². The second-order valence-electron chi connectivity index (χ2n) is 6.33. The highest BCUT2D eigenvalue weighted by molar-refractivity contribution is 8.18. The monoisotopic (exact) mass is 403 g/mol. The van der Waals surface area contributed by atoms with Crippen LogP contribution in [0.15, 0.2) is 29.2 Å². The highest BCUT2D eigenvalue weighted by atomic mass is 35.5. The molecular weight excluding hydrogens is 386 g/mol. The van der Waals surface area contributed by atoms with Gasteiger partial charge in [0, 0.05) is 22.1 Å². The van der Waals surface area contributed by atoms with Gasteiger partial charge in [0.25, 0.3) is 11.1 Å². The molecule has 3 amide bonds. The van der Waals surface area contributed by atoms with Crippen molar-refractivity contribution < 1.29 is 14.4 Å². The van der Waals surface area contributed by atoms with Crippen molar-refractivity contribution in [2.75, 3.05) is 6.54 Å². The van der Waals surface area contributed by atoms with Crippen molar-refractivity contribution >= 4 is 46.5 Å². The zero-order chi connectivity index (χ0) is 19.9. The topological polar surface area (TPSA) is 85.4 Å². The highest BCUT2D eigenvalue weighted by Gasteiger charge is 2.36. The van der Waals surface area contributed by atoms with Crippen LogP contribution >= 0.6 is 23.4 Å². The molecule has 1 aliphatic heterocycles. The van der Waals surface area contributed by atoms with E-state index in [-0.39, 0.29) is 4.91 Å². The van der Waals surface area contributed by atoms with E-state index in [1.807, 2.05) is 49.6 Å². The van der Waals surface area contributed by atoms with Gasteiger partial charge < -0.3 is 10.3 Å². The molecule has 0 spiro atoms. The first kappa shape index (κ1) is 19.3. The lowest BCUT2D eigenvalue weighted by molar-refractivity contribution is -0.127. The number of aromatic nitrogens is 1. The molecule has 0 saturated carbocycles. The molecular formula is C19H18ClN3O3S. The second kappa shape index (κ2) is 7.25. The molecule has 2 aromatic rings. The number of hydrogen-bond acceptors (Lipinski definition) is 4. The Labute approximate surface area is 166 Å². The molecule has 0 bridgehead atoms. The van der Waals surface area contributed by atoms with Crippen molar-refractivity contribution in [1.82, 2.24) is 9.47 Å². The molecule has 1 aliphatic rings. The number of nitrogens with zero attached hydrogens (tertiary/aromatic N) is 2. The maximum Gasteiger partial charge on any atom is 0.294 e.